The van der Waals surface area contributed by atoms with Crippen LogP contribution in [0.4, 0.5) is 0 Å². The summed E-state index contributed by atoms with van der Waals surface area (Å²) in [5.41, 5.74) is 0.624. The number of aromatic nitrogens is 2. The van der Waals surface area contributed by atoms with Gasteiger partial charge in [-0.1, -0.05) is 19.9 Å². The molecule has 0 spiro atoms. The van der Waals surface area contributed by atoms with Gasteiger partial charge in [-0.15, -0.1) is 0 Å². The monoisotopic (exact) mass is 392 g/mol. The third-order valence-corrected chi connectivity index (χ3v) is 6.31. The van der Waals surface area contributed by atoms with E-state index < -0.39 is 21.8 Å². The fourth-order valence-electron chi connectivity index (χ4n) is 3.08. The molecule has 2 amide bonds. The molecule has 0 radical (unpaired) electrons. The highest BCUT2D eigenvalue weighted by atomic mass is 32.2. The summed E-state index contributed by atoms with van der Waals surface area (Å²) in [7, 11) is -3.10. The van der Waals surface area contributed by atoms with Gasteiger partial charge in [0.1, 0.15) is 0 Å². The van der Waals surface area contributed by atoms with Crippen LogP contribution in [0.25, 0.3) is 5.52 Å². The van der Waals surface area contributed by atoms with Gasteiger partial charge < -0.3 is 10.6 Å². The fraction of sp³-hybridized carbons (Fsp3) is 0.500. The van der Waals surface area contributed by atoms with E-state index in [2.05, 4.69) is 29.5 Å². The molecule has 3 heterocycles. The molecule has 1 unspecified atom stereocenters. The van der Waals surface area contributed by atoms with Crippen molar-refractivity contribution in [3.05, 3.63) is 35.9 Å². The predicted molar refractivity (Wildman–Crippen MR) is 102 cm³/mol. The zero-order chi connectivity index (χ0) is 19.6. The number of amides is 2. The van der Waals surface area contributed by atoms with Gasteiger partial charge in [0.25, 0.3) is 11.8 Å². The first kappa shape index (κ1) is 19.3. The number of sulfone groups is 1. The molecule has 27 heavy (non-hydrogen) atoms. The highest BCUT2D eigenvalue weighted by Gasteiger charge is 2.30. The van der Waals surface area contributed by atoms with Crippen molar-refractivity contribution in [2.45, 2.75) is 32.7 Å². The summed E-state index contributed by atoms with van der Waals surface area (Å²) in [6.45, 7) is 4.67. The Labute approximate surface area is 158 Å². The molecule has 1 saturated heterocycles. The summed E-state index contributed by atoms with van der Waals surface area (Å²) in [6, 6.07) is 4.79. The minimum Gasteiger partial charge on any atom is -0.349 e. The van der Waals surface area contributed by atoms with Crippen molar-refractivity contribution >= 4 is 27.2 Å². The number of nitrogens with zero attached hydrogens (tertiary/aromatic N) is 2. The lowest BCUT2D eigenvalue weighted by Crippen LogP contribution is -2.36. The summed E-state index contributed by atoms with van der Waals surface area (Å²) in [5, 5.41) is 5.55. The van der Waals surface area contributed by atoms with E-state index in [-0.39, 0.29) is 28.9 Å². The van der Waals surface area contributed by atoms with E-state index in [9.17, 15) is 18.0 Å². The van der Waals surface area contributed by atoms with E-state index in [1.165, 1.54) is 0 Å². The second-order valence-electron chi connectivity index (χ2n) is 7.25. The van der Waals surface area contributed by atoms with Gasteiger partial charge >= 0.3 is 0 Å². The van der Waals surface area contributed by atoms with Gasteiger partial charge in [0, 0.05) is 18.8 Å². The van der Waals surface area contributed by atoms with Crippen LogP contribution in [0.3, 0.4) is 0 Å². The molecule has 1 atom stereocenters. The van der Waals surface area contributed by atoms with Crippen molar-refractivity contribution in [2.24, 2.45) is 5.92 Å². The number of fused-ring (bicyclic) bond motifs is 1. The molecule has 3 rings (SSSR count). The molecule has 146 valence electrons. The van der Waals surface area contributed by atoms with Crippen LogP contribution in [0.5, 0.6) is 0 Å². The molecular formula is C18H24N4O4S. The molecule has 8 nitrogen and oxygen atoms in total. The predicted octanol–water partition coefficient (Wildman–Crippen LogP) is 1.03. The quantitative estimate of drug-likeness (QED) is 0.763. The van der Waals surface area contributed by atoms with Crippen molar-refractivity contribution in [1.82, 2.24) is 20.0 Å². The van der Waals surface area contributed by atoms with E-state index in [0.717, 1.165) is 6.42 Å². The average Bonchev–Trinajstić information content (AvgIpc) is 3.14. The lowest BCUT2D eigenvalue weighted by molar-refractivity contribution is 0.0938. The Kier molecular flexibility index (Phi) is 5.50. The summed E-state index contributed by atoms with van der Waals surface area (Å²) < 4.78 is 24.8. The number of pyridine rings is 1. The van der Waals surface area contributed by atoms with Crippen molar-refractivity contribution in [3.63, 3.8) is 0 Å². The zero-order valence-corrected chi connectivity index (χ0v) is 16.3. The Bertz CT molecular complexity index is 965. The number of hydrogen-bond acceptors (Lipinski definition) is 5. The lowest BCUT2D eigenvalue weighted by atomic mass is 10.1. The Morgan fingerprint density at radius 2 is 2.07 bits per heavy atom. The molecule has 1 aliphatic rings. The average molecular weight is 392 g/mol. The van der Waals surface area contributed by atoms with Crippen LogP contribution in [0, 0.1) is 5.92 Å². The molecule has 0 saturated carbocycles. The van der Waals surface area contributed by atoms with Gasteiger partial charge in [-0.05, 0) is 30.9 Å². The number of nitrogens with one attached hydrogen (secondary N) is 2. The summed E-state index contributed by atoms with van der Waals surface area (Å²) in [5.74, 6) is -0.204. The van der Waals surface area contributed by atoms with Gasteiger partial charge in [-0.3, -0.25) is 14.0 Å². The largest absolute Gasteiger partial charge is 0.349 e. The van der Waals surface area contributed by atoms with Crippen LogP contribution in [0.15, 0.2) is 24.4 Å². The molecule has 9 heteroatoms. The van der Waals surface area contributed by atoms with Gasteiger partial charge in [-0.2, -0.15) is 0 Å². The third-order valence-electron chi connectivity index (χ3n) is 4.54. The van der Waals surface area contributed by atoms with Crippen LogP contribution in [0.1, 0.15) is 47.8 Å². The first-order valence-corrected chi connectivity index (χ1v) is 10.9. The SMILES string of the molecule is CC(C)CCNC(=O)c1nc(C(=O)NC2CCS(=O)(=O)C2)c2ccccn12. The Balaban J connectivity index is 1.82. The van der Waals surface area contributed by atoms with Crippen LogP contribution in [0.2, 0.25) is 0 Å². The Morgan fingerprint density at radius 1 is 1.30 bits per heavy atom. The molecule has 1 aliphatic heterocycles. The topological polar surface area (TPSA) is 110 Å². The summed E-state index contributed by atoms with van der Waals surface area (Å²) in [4.78, 5) is 29.4. The second kappa shape index (κ2) is 7.67. The maximum Gasteiger partial charge on any atom is 0.287 e. The summed E-state index contributed by atoms with van der Waals surface area (Å²) >= 11 is 0. The van der Waals surface area contributed by atoms with Gasteiger partial charge in [0.15, 0.2) is 15.5 Å². The Hall–Kier alpha value is -2.42. The minimum absolute atomic E-state index is 0.0624. The molecular weight excluding hydrogens is 368 g/mol. The van der Waals surface area contributed by atoms with E-state index in [0.29, 0.717) is 24.4 Å². The minimum atomic E-state index is -3.10. The van der Waals surface area contributed by atoms with Crippen LogP contribution in [-0.2, 0) is 9.84 Å². The number of rotatable bonds is 6. The van der Waals surface area contributed by atoms with E-state index >= 15 is 0 Å². The summed E-state index contributed by atoms with van der Waals surface area (Å²) in [6.07, 6.45) is 2.91. The molecule has 2 aromatic heterocycles. The lowest BCUT2D eigenvalue weighted by Gasteiger charge is -2.09. The van der Waals surface area contributed by atoms with Gasteiger partial charge in [0.05, 0.1) is 17.0 Å². The van der Waals surface area contributed by atoms with Crippen molar-refractivity contribution in [3.8, 4) is 0 Å². The van der Waals surface area contributed by atoms with Crippen molar-refractivity contribution in [2.75, 3.05) is 18.1 Å². The standard InChI is InChI=1S/C18H24N4O4S/c1-12(2)6-8-19-18(24)16-21-15(14-5-3-4-9-22(14)16)17(23)20-13-7-10-27(25,26)11-13/h3-5,9,12-13H,6-8,10-11H2,1-2H3,(H,19,24)(H,20,23). The van der Waals surface area contributed by atoms with Crippen LogP contribution < -0.4 is 10.6 Å². The first-order chi connectivity index (χ1) is 12.8. The van der Waals surface area contributed by atoms with Crippen LogP contribution >= 0.6 is 0 Å². The number of carbonyl (C=O) groups is 2. The number of imidazole rings is 1. The number of carbonyl (C=O) groups excluding carboxylic acids is 2. The van der Waals surface area contributed by atoms with Crippen molar-refractivity contribution in [1.29, 1.82) is 0 Å². The maximum absolute atomic E-state index is 12.7. The smallest absolute Gasteiger partial charge is 0.287 e. The molecule has 2 aromatic rings. The molecule has 2 N–H and O–H groups in total. The highest BCUT2D eigenvalue weighted by molar-refractivity contribution is 7.91. The maximum atomic E-state index is 12.7. The van der Waals surface area contributed by atoms with Crippen molar-refractivity contribution < 1.29 is 18.0 Å². The van der Waals surface area contributed by atoms with E-state index in [1.54, 1.807) is 28.8 Å². The molecule has 0 aliphatic carbocycles. The van der Waals surface area contributed by atoms with Gasteiger partial charge in [-0.25, -0.2) is 13.4 Å². The highest BCUT2D eigenvalue weighted by Crippen LogP contribution is 2.16. The van der Waals surface area contributed by atoms with E-state index in [1.807, 2.05) is 0 Å². The van der Waals surface area contributed by atoms with Gasteiger partial charge in [0.2, 0.25) is 5.82 Å². The zero-order valence-electron chi connectivity index (χ0n) is 15.4. The Morgan fingerprint density at radius 3 is 2.74 bits per heavy atom. The van der Waals surface area contributed by atoms with Crippen LogP contribution in [-0.4, -0.2) is 53.7 Å². The third kappa shape index (κ3) is 4.47. The molecule has 0 aromatic carbocycles. The van der Waals surface area contributed by atoms with E-state index in [4.69, 9.17) is 0 Å². The normalized spacial score (nSPS) is 18.7. The fourth-order valence-corrected chi connectivity index (χ4v) is 4.75. The molecule has 1 fully saturated rings. The second-order valence-corrected chi connectivity index (χ2v) is 9.48. The number of hydrogen-bond donors (Lipinski definition) is 2. The molecule has 0 bridgehead atoms. The first-order valence-electron chi connectivity index (χ1n) is 9.03.